The first-order valence-corrected chi connectivity index (χ1v) is 8.02. The van der Waals surface area contributed by atoms with Gasteiger partial charge in [0.05, 0.1) is 15.6 Å². The smallest absolute Gasteiger partial charge is 0.291 e. The molecule has 0 saturated heterocycles. The van der Waals surface area contributed by atoms with Gasteiger partial charge in [0.1, 0.15) is 23.9 Å². The fourth-order valence-corrected chi connectivity index (χ4v) is 2.33. The van der Waals surface area contributed by atoms with E-state index in [1.807, 2.05) is 0 Å². The molecular weight excluding hydrogens is 379 g/mol. The van der Waals surface area contributed by atoms with Gasteiger partial charge in [0.2, 0.25) is 0 Å². The molecule has 0 aliphatic heterocycles. The number of nitro groups is 1. The third-order valence-corrected chi connectivity index (χ3v) is 3.82. The van der Waals surface area contributed by atoms with Crippen LogP contribution in [0.4, 0.5) is 15.8 Å². The number of furan rings is 1. The summed E-state index contributed by atoms with van der Waals surface area (Å²) in [4.78, 5) is 22.5. The average molecular weight is 391 g/mol. The van der Waals surface area contributed by atoms with E-state index < -0.39 is 10.8 Å². The van der Waals surface area contributed by atoms with Crippen molar-refractivity contribution in [1.82, 2.24) is 0 Å². The maximum atomic E-state index is 12.9. The van der Waals surface area contributed by atoms with Gasteiger partial charge in [0.15, 0.2) is 5.76 Å². The summed E-state index contributed by atoms with van der Waals surface area (Å²) in [6, 6.07) is 12.2. The number of non-ortho nitro benzene ring substituents is 1. The number of hydrogen-bond acceptors (Lipinski definition) is 5. The number of carbonyl (C=O) groups is 1. The third kappa shape index (κ3) is 4.62. The summed E-state index contributed by atoms with van der Waals surface area (Å²) >= 11 is 5.95. The molecule has 7 nitrogen and oxygen atoms in total. The molecule has 3 rings (SSSR count). The van der Waals surface area contributed by atoms with Crippen LogP contribution in [0.25, 0.3) is 0 Å². The number of halogens is 2. The van der Waals surface area contributed by atoms with Crippen LogP contribution in [0.1, 0.15) is 16.3 Å². The second-order valence-electron chi connectivity index (χ2n) is 5.38. The van der Waals surface area contributed by atoms with Gasteiger partial charge in [-0.15, -0.1) is 0 Å². The Hall–Kier alpha value is -3.39. The predicted molar refractivity (Wildman–Crippen MR) is 95.5 cm³/mol. The van der Waals surface area contributed by atoms with Gasteiger partial charge in [-0.1, -0.05) is 11.6 Å². The Morgan fingerprint density at radius 3 is 2.63 bits per heavy atom. The highest BCUT2D eigenvalue weighted by molar-refractivity contribution is 6.34. The Morgan fingerprint density at radius 1 is 1.19 bits per heavy atom. The van der Waals surface area contributed by atoms with E-state index in [0.717, 1.165) is 6.07 Å². The van der Waals surface area contributed by atoms with Gasteiger partial charge in [-0.2, -0.15) is 0 Å². The maximum Gasteiger partial charge on any atom is 0.291 e. The van der Waals surface area contributed by atoms with E-state index in [1.165, 1.54) is 42.5 Å². The normalized spacial score (nSPS) is 10.4. The molecule has 1 aromatic heterocycles. The highest BCUT2D eigenvalue weighted by Crippen LogP contribution is 2.27. The van der Waals surface area contributed by atoms with Crippen LogP contribution in [-0.2, 0) is 6.61 Å². The molecule has 9 heteroatoms. The highest BCUT2D eigenvalue weighted by atomic mass is 35.5. The number of anilines is 1. The quantitative estimate of drug-likeness (QED) is 0.481. The zero-order valence-electron chi connectivity index (χ0n) is 13.6. The van der Waals surface area contributed by atoms with Gasteiger partial charge < -0.3 is 14.5 Å². The van der Waals surface area contributed by atoms with Crippen molar-refractivity contribution in [2.24, 2.45) is 0 Å². The topological polar surface area (TPSA) is 94.6 Å². The first kappa shape index (κ1) is 18.4. The molecule has 0 aliphatic rings. The fraction of sp³-hybridized carbons (Fsp3) is 0.0556. The van der Waals surface area contributed by atoms with Crippen molar-refractivity contribution < 1.29 is 23.3 Å². The predicted octanol–water partition coefficient (Wildman–Crippen LogP) is 4.81. The van der Waals surface area contributed by atoms with Gasteiger partial charge >= 0.3 is 0 Å². The van der Waals surface area contributed by atoms with Crippen molar-refractivity contribution in [3.8, 4) is 5.75 Å². The molecule has 1 amide bonds. The average Bonchev–Trinajstić information content (AvgIpc) is 3.12. The number of benzene rings is 2. The van der Waals surface area contributed by atoms with Crippen LogP contribution in [-0.4, -0.2) is 10.8 Å². The summed E-state index contributed by atoms with van der Waals surface area (Å²) in [5.41, 5.74) is -0.112. The lowest BCUT2D eigenvalue weighted by Gasteiger charge is -2.06. The monoisotopic (exact) mass is 390 g/mol. The molecule has 0 radical (unpaired) electrons. The number of amides is 1. The van der Waals surface area contributed by atoms with Crippen molar-refractivity contribution in [2.45, 2.75) is 6.61 Å². The van der Waals surface area contributed by atoms with Crippen molar-refractivity contribution in [1.29, 1.82) is 0 Å². The van der Waals surface area contributed by atoms with Crippen molar-refractivity contribution in [2.75, 3.05) is 5.32 Å². The Bertz CT molecular complexity index is 988. The van der Waals surface area contributed by atoms with Crippen LogP contribution < -0.4 is 10.1 Å². The molecule has 1 heterocycles. The first-order valence-electron chi connectivity index (χ1n) is 7.65. The van der Waals surface area contributed by atoms with Crippen LogP contribution in [0.15, 0.2) is 59.0 Å². The van der Waals surface area contributed by atoms with Gasteiger partial charge in [-0.05, 0) is 42.5 Å². The van der Waals surface area contributed by atoms with Crippen molar-refractivity contribution >= 4 is 28.9 Å². The molecule has 0 atom stereocenters. The summed E-state index contributed by atoms with van der Waals surface area (Å²) < 4.78 is 23.7. The van der Waals surface area contributed by atoms with E-state index in [0.29, 0.717) is 11.5 Å². The van der Waals surface area contributed by atoms with Gasteiger partial charge in [0.25, 0.3) is 11.6 Å². The molecular formula is C18H12ClFN2O5. The number of carbonyl (C=O) groups excluding carboxylic acids is 1. The molecule has 27 heavy (non-hydrogen) atoms. The minimum Gasteiger partial charge on any atom is -0.486 e. The molecule has 0 saturated carbocycles. The number of hydrogen-bond donors (Lipinski definition) is 1. The van der Waals surface area contributed by atoms with Gasteiger partial charge in [-0.3, -0.25) is 14.9 Å². The third-order valence-electron chi connectivity index (χ3n) is 3.49. The molecule has 0 unspecified atom stereocenters. The SMILES string of the molecule is O=C(Nc1cc([N+](=O)[O-])ccc1Cl)c1ccc(COc2ccc(F)cc2)o1. The fourth-order valence-electron chi connectivity index (χ4n) is 2.17. The Morgan fingerprint density at radius 2 is 1.93 bits per heavy atom. The number of rotatable bonds is 6. The maximum absolute atomic E-state index is 12.9. The standard InChI is InChI=1S/C18H12ClFN2O5/c19-15-7-3-12(22(24)25)9-16(15)21-18(23)17-8-6-14(27-17)10-26-13-4-1-11(20)2-5-13/h1-9H,10H2,(H,21,23). The molecule has 2 aromatic carbocycles. The molecule has 0 spiro atoms. The van der Waals surface area contributed by atoms with Crippen LogP contribution in [0.2, 0.25) is 5.02 Å². The van der Waals surface area contributed by atoms with E-state index in [-0.39, 0.29) is 34.6 Å². The highest BCUT2D eigenvalue weighted by Gasteiger charge is 2.16. The lowest BCUT2D eigenvalue weighted by Crippen LogP contribution is -2.11. The second kappa shape index (κ2) is 7.88. The molecule has 1 N–H and O–H groups in total. The van der Waals surface area contributed by atoms with Crippen molar-refractivity contribution in [3.05, 3.63) is 87.1 Å². The van der Waals surface area contributed by atoms with Gasteiger partial charge in [-0.25, -0.2) is 4.39 Å². The minimum absolute atomic E-state index is 0.0183. The number of nitrogens with zero attached hydrogens (tertiary/aromatic N) is 1. The summed E-state index contributed by atoms with van der Waals surface area (Å²) in [6.07, 6.45) is 0. The van der Waals surface area contributed by atoms with E-state index in [4.69, 9.17) is 20.8 Å². The Labute approximate surface area is 157 Å². The van der Waals surface area contributed by atoms with E-state index in [1.54, 1.807) is 6.07 Å². The molecule has 0 fully saturated rings. The largest absolute Gasteiger partial charge is 0.486 e. The number of ether oxygens (including phenoxy) is 1. The minimum atomic E-state index is -0.620. The van der Waals surface area contributed by atoms with Crippen molar-refractivity contribution in [3.63, 3.8) is 0 Å². The lowest BCUT2D eigenvalue weighted by atomic mass is 10.2. The van der Waals surface area contributed by atoms with Crippen LogP contribution in [0.5, 0.6) is 5.75 Å². The summed E-state index contributed by atoms with van der Waals surface area (Å²) in [7, 11) is 0. The van der Waals surface area contributed by atoms with Gasteiger partial charge in [0, 0.05) is 12.1 Å². The van der Waals surface area contributed by atoms with Crippen LogP contribution in [0.3, 0.4) is 0 Å². The summed E-state index contributed by atoms with van der Waals surface area (Å²) in [6.45, 7) is 0.0382. The van der Waals surface area contributed by atoms with Crippen LogP contribution >= 0.6 is 11.6 Å². The first-order chi connectivity index (χ1) is 12.9. The molecule has 3 aromatic rings. The molecule has 138 valence electrons. The van der Waals surface area contributed by atoms with E-state index in [2.05, 4.69) is 5.32 Å². The summed E-state index contributed by atoms with van der Waals surface area (Å²) in [5, 5.41) is 13.4. The zero-order chi connectivity index (χ0) is 19.4. The zero-order valence-corrected chi connectivity index (χ0v) is 14.4. The lowest BCUT2D eigenvalue weighted by molar-refractivity contribution is -0.384. The summed E-state index contributed by atoms with van der Waals surface area (Å²) in [5.74, 6) is -0.198. The molecule has 0 aliphatic carbocycles. The van der Waals surface area contributed by atoms with Crippen LogP contribution in [0, 0.1) is 15.9 Å². The van der Waals surface area contributed by atoms with E-state index >= 15 is 0 Å². The second-order valence-corrected chi connectivity index (χ2v) is 5.79. The number of nitrogens with one attached hydrogen (secondary N) is 1. The van der Waals surface area contributed by atoms with E-state index in [9.17, 15) is 19.3 Å². The Balaban J connectivity index is 1.65. The number of nitro benzene ring substituents is 1. The Kier molecular flexibility index (Phi) is 5.37. The molecule has 0 bridgehead atoms.